The van der Waals surface area contributed by atoms with Gasteiger partial charge in [0.05, 0.1) is 49.8 Å². The smallest absolute Gasteiger partial charge is 0.239 e. The lowest BCUT2D eigenvalue weighted by Gasteiger charge is -2.42. The van der Waals surface area contributed by atoms with Crippen LogP contribution in [0.5, 0.6) is 0 Å². The van der Waals surface area contributed by atoms with E-state index in [4.69, 9.17) is 19.9 Å². The molecule has 0 aliphatic rings. The molecule has 0 atom stereocenters. The van der Waals surface area contributed by atoms with Gasteiger partial charge in [0.15, 0.2) is 0 Å². The SMILES string of the molecule is c1ccc(S(c2ccccc2)(c2ccccc2)c2cccc(-c3cc(-n4c5ccccc5n5c6ccccc6nc45)nc(-n4c5ccccc5n5c6ccccc6nc45)n3)c2)cc1. The summed E-state index contributed by atoms with van der Waals surface area (Å²) in [4.78, 5) is 26.5. The zero-order valence-electron chi connectivity index (χ0n) is 33.8. The van der Waals surface area contributed by atoms with E-state index in [0.29, 0.717) is 11.8 Å². The van der Waals surface area contributed by atoms with Crippen LogP contribution in [0, 0.1) is 0 Å². The van der Waals surface area contributed by atoms with Gasteiger partial charge in [-0.2, -0.15) is 4.98 Å². The summed E-state index contributed by atoms with van der Waals surface area (Å²) in [7, 11) is -1.97. The van der Waals surface area contributed by atoms with E-state index in [1.807, 2.05) is 12.1 Å². The van der Waals surface area contributed by atoms with Gasteiger partial charge in [0.2, 0.25) is 17.5 Å². The summed E-state index contributed by atoms with van der Waals surface area (Å²) in [5, 5.41) is 0. The monoisotopic (exact) mass is 828 g/mol. The van der Waals surface area contributed by atoms with Crippen molar-refractivity contribution in [1.82, 2.24) is 37.9 Å². The van der Waals surface area contributed by atoms with Crippen LogP contribution in [-0.2, 0) is 0 Å². The van der Waals surface area contributed by atoms with Gasteiger partial charge >= 0.3 is 0 Å². The van der Waals surface area contributed by atoms with Gasteiger partial charge in [0.1, 0.15) is 5.82 Å². The first-order valence-electron chi connectivity index (χ1n) is 21.0. The highest BCUT2D eigenvalue weighted by Gasteiger charge is 2.33. The quantitative estimate of drug-likeness (QED) is 0.160. The number of aromatic nitrogens is 8. The molecule has 9 heteroatoms. The average Bonchev–Trinajstić information content (AvgIpc) is 4.09. The van der Waals surface area contributed by atoms with Crippen molar-refractivity contribution in [2.45, 2.75) is 19.6 Å². The molecular formula is C54H36N8S. The molecule has 0 fully saturated rings. The fourth-order valence-electron chi connectivity index (χ4n) is 9.45. The van der Waals surface area contributed by atoms with E-state index in [0.717, 1.165) is 66.9 Å². The van der Waals surface area contributed by atoms with E-state index in [1.54, 1.807) is 0 Å². The lowest BCUT2D eigenvalue weighted by atomic mass is 10.1. The molecule has 0 N–H and O–H groups in total. The minimum Gasteiger partial charge on any atom is -0.276 e. The highest BCUT2D eigenvalue weighted by atomic mass is 32.3. The molecule has 0 aliphatic heterocycles. The molecule has 8 nitrogen and oxygen atoms in total. The van der Waals surface area contributed by atoms with E-state index >= 15 is 0 Å². The molecule has 298 valence electrons. The molecule has 0 amide bonds. The number of rotatable bonds is 7. The molecule has 0 aliphatic carbocycles. The van der Waals surface area contributed by atoms with Crippen molar-refractivity contribution < 1.29 is 0 Å². The van der Waals surface area contributed by atoms with Crippen molar-refractivity contribution in [1.29, 1.82) is 0 Å². The van der Waals surface area contributed by atoms with Crippen LogP contribution in [0.3, 0.4) is 0 Å². The summed E-state index contributed by atoms with van der Waals surface area (Å²) in [6, 6.07) is 77.3. The van der Waals surface area contributed by atoms with Crippen molar-refractivity contribution in [2.24, 2.45) is 0 Å². The molecule has 0 bridgehead atoms. The van der Waals surface area contributed by atoms with Crippen LogP contribution < -0.4 is 0 Å². The number of fused-ring (bicyclic) bond motifs is 10. The molecule has 13 rings (SSSR count). The lowest BCUT2D eigenvalue weighted by molar-refractivity contribution is 0.930. The molecule has 0 saturated heterocycles. The molecule has 0 spiro atoms. The summed E-state index contributed by atoms with van der Waals surface area (Å²) >= 11 is 0. The third-order valence-corrected chi connectivity index (χ3v) is 16.0. The lowest BCUT2D eigenvalue weighted by Crippen LogP contribution is -2.08. The number of para-hydroxylation sites is 8. The maximum absolute atomic E-state index is 5.54. The molecular weight excluding hydrogens is 793 g/mol. The van der Waals surface area contributed by atoms with E-state index < -0.39 is 10.0 Å². The van der Waals surface area contributed by atoms with E-state index in [-0.39, 0.29) is 0 Å². The highest BCUT2D eigenvalue weighted by Crippen LogP contribution is 2.73. The van der Waals surface area contributed by atoms with Crippen LogP contribution in [0.15, 0.2) is 238 Å². The Labute approximate surface area is 363 Å². The van der Waals surface area contributed by atoms with Crippen molar-refractivity contribution in [3.63, 3.8) is 0 Å². The number of benzene rings is 8. The highest BCUT2D eigenvalue weighted by molar-refractivity contribution is 8.34. The van der Waals surface area contributed by atoms with Crippen LogP contribution in [-0.4, -0.2) is 37.9 Å². The maximum Gasteiger partial charge on any atom is 0.239 e. The normalized spacial score (nSPS) is 12.4. The summed E-state index contributed by atoms with van der Waals surface area (Å²) < 4.78 is 8.72. The number of imidazole rings is 4. The minimum absolute atomic E-state index is 0.509. The Hall–Kier alpha value is -8.27. The molecule has 8 aromatic carbocycles. The molecule has 0 radical (unpaired) electrons. The molecule has 5 heterocycles. The second kappa shape index (κ2) is 13.9. The summed E-state index contributed by atoms with van der Waals surface area (Å²) in [5.74, 6) is 2.72. The maximum atomic E-state index is 5.54. The number of hydrogen-bond acceptors (Lipinski definition) is 4. The summed E-state index contributed by atoms with van der Waals surface area (Å²) in [6.07, 6.45) is 0. The van der Waals surface area contributed by atoms with Crippen LogP contribution >= 0.6 is 10.0 Å². The molecule has 13 aromatic rings. The van der Waals surface area contributed by atoms with Gasteiger partial charge in [0, 0.05) is 31.2 Å². The zero-order chi connectivity index (χ0) is 41.5. The van der Waals surface area contributed by atoms with E-state index in [1.165, 1.54) is 19.6 Å². The van der Waals surface area contributed by atoms with Gasteiger partial charge in [0.25, 0.3) is 0 Å². The van der Waals surface area contributed by atoms with Crippen LogP contribution in [0.25, 0.3) is 78.7 Å². The largest absolute Gasteiger partial charge is 0.276 e. The van der Waals surface area contributed by atoms with Crippen molar-refractivity contribution in [3.05, 3.63) is 218 Å². The molecule has 63 heavy (non-hydrogen) atoms. The number of nitrogens with zero attached hydrogens (tertiary/aromatic N) is 8. The predicted octanol–water partition coefficient (Wildman–Crippen LogP) is 13.0. The van der Waals surface area contributed by atoms with Gasteiger partial charge in [-0.1, -0.05) is 115 Å². The fraction of sp³-hybridized carbons (Fsp3) is 0. The Morgan fingerprint density at radius 2 is 0.746 bits per heavy atom. The van der Waals surface area contributed by atoms with Gasteiger partial charge in [-0.15, -0.1) is 10.0 Å². The topological polar surface area (TPSA) is 70.2 Å². The first-order chi connectivity index (χ1) is 31.3. The van der Waals surface area contributed by atoms with Crippen LogP contribution in [0.4, 0.5) is 0 Å². The molecule has 0 saturated carbocycles. The van der Waals surface area contributed by atoms with Crippen molar-refractivity contribution in [3.8, 4) is 23.0 Å². The van der Waals surface area contributed by atoms with Gasteiger partial charge < -0.3 is 0 Å². The zero-order valence-corrected chi connectivity index (χ0v) is 34.6. The first kappa shape index (κ1) is 35.5. The Balaban J connectivity index is 1.13. The Morgan fingerprint density at radius 3 is 1.29 bits per heavy atom. The third-order valence-electron chi connectivity index (χ3n) is 12.1. The Kier molecular flexibility index (Phi) is 7.82. The van der Waals surface area contributed by atoms with Crippen LogP contribution in [0.1, 0.15) is 0 Å². The van der Waals surface area contributed by atoms with Crippen molar-refractivity contribution in [2.75, 3.05) is 0 Å². The van der Waals surface area contributed by atoms with Crippen molar-refractivity contribution >= 4 is 65.7 Å². The summed E-state index contributed by atoms with van der Waals surface area (Å²) in [6.45, 7) is 0. The predicted molar refractivity (Wildman–Crippen MR) is 254 cm³/mol. The van der Waals surface area contributed by atoms with Crippen LogP contribution in [0.2, 0.25) is 0 Å². The Bertz CT molecular complexity index is 3600. The average molecular weight is 829 g/mol. The van der Waals surface area contributed by atoms with Gasteiger partial charge in [-0.3, -0.25) is 13.4 Å². The third kappa shape index (κ3) is 5.23. The van der Waals surface area contributed by atoms with E-state index in [2.05, 4.69) is 224 Å². The first-order valence-corrected chi connectivity index (χ1v) is 22.6. The van der Waals surface area contributed by atoms with Gasteiger partial charge in [-0.25, -0.2) is 19.5 Å². The van der Waals surface area contributed by atoms with Gasteiger partial charge in [-0.05, 0) is 97.1 Å². The number of hydrogen-bond donors (Lipinski definition) is 0. The molecule has 5 aromatic heterocycles. The minimum atomic E-state index is -1.97. The molecule has 0 unspecified atom stereocenters. The summed E-state index contributed by atoms with van der Waals surface area (Å²) in [5.41, 5.74) is 9.64. The fourth-order valence-corrected chi connectivity index (χ4v) is 13.4. The second-order valence-electron chi connectivity index (χ2n) is 15.6. The Morgan fingerprint density at radius 1 is 0.317 bits per heavy atom. The second-order valence-corrected chi connectivity index (χ2v) is 18.7. The standard InChI is InChI=1S/C54H36N8S/c1-4-20-38(21-5-1)63(39-22-6-2-7-23-39,40-24-8-3-9-25-40)41-26-18-19-37(35-41)44-36-51(61-49-33-16-14-31-47(49)59-45-29-12-10-27-42(45)56-53(59)61)58-52(55-44)62-50-34-17-15-32-48(50)60-46-30-13-11-28-43(46)57-54(60)62/h1-36H. The van der Waals surface area contributed by atoms with E-state index in [9.17, 15) is 0 Å².